The van der Waals surface area contributed by atoms with Crippen LogP contribution in [0.5, 0.6) is 0 Å². The van der Waals surface area contributed by atoms with Gasteiger partial charge in [-0.3, -0.25) is 4.98 Å². The second-order valence-corrected chi connectivity index (χ2v) is 4.47. The van der Waals surface area contributed by atoms with Crippen LogP contribution in [-0.2, 0) is 9.53 Å². The largest absolute Gasteiger partial charge is 0.463 e. The first-order valence-corrected chi connectivity index (χ1v) is 6.76. The smallest absolute Gasteiger partial charge is 0.330 e. The molecule has 1 aromatic carbocycles. The fourth-order valence-corrected chi connectivity index (χ4v) is 1.76. The fraction of sp³-hybridized carbons (Fsp3) is 0.250. The number of rotatable bonds is 2. The summed E-state index contributed by atoms with van der Waals surface area (Å²) in [5.41, 5.74) is 2.16. The Bertz CT molecular complexity index is 608. The zero-order valence-corrected chi connectivity index (χ0v) is 12.6. The van der Waals surface area contributed by atoms with Crippen molar-refractivity contribution in [3.05, 3.63) is 53.2 Å². The minimum atomic E-state index is -0.269. The van der Waals surface area contributed by atoms with Crippen LogP contribution < -0.4 is 0 Å². The van der Waals surface area contributed by atoms with Crippen LogP contribution in [0.3, 0.4) is 0 Å². The molecule has 0 N–H and O–H groups in total. The summed E-state index contributed by atoms with van der Waals surface area (Å²) < 4.78 is 4.56. The fourth-order valence-electron chi connectivity index (χ4n) is 1.55. The maximum atomic E-state index is 10.3. The highest BCUT2D eigenvalue weighted by molar-refractivity contribution is 6.35. The van der Waals surface area contributed by atoms with Crippen molar-refractivity contribution in [2.24, 2.45) is 0 Å². The van der Waals surface area contributed by atoms with Gasteiger partial charge in [0.1, 0.15) is 0 Å². The molecule has 0 amide bonds. The molecule has 0 radical (unpaired) electrons. The Kier molecular flexibility index (Phi) is 6.74. The van der Waals surface area contributed by atoms with E-state index in [0.29, 0.717) is 6.61 Å². The minimum absolute atomic E-state index is 0.269. The predicted molar refractivity (Wildman–Crippen MR) is 82.9 cm³/mol. The molecule has 20 heavy (non-hydrogen) atoms. The highest BCUT2D eigenvalue weighted by atomic mass is 35.5. The van der Waals surface area contributed by atoms with Crippen molar-refractivity contribution in [3.8, 4) is 0 Å². The lowest BCUT2D eigenvalue weighted by atomic mass is 10.1. The number of aryl methyl sites for hydroxylation is 1. The molecule has 0 aliphatic carbocycles. The average molecular weight is 292 g/mol. The Morgan fingerprint density at radius 2 is 2.15 bits per heavy atom. The number of allylic oxidation sites excluding steroid dienone is 1. The Labute approximate surface area is 124 Å². The third-order valence-electron chi connectivity index (χ3n) is 2.43. The Hall–Kier alpha value is -1.87. The van der Waals surface area contributed by atoms with Gasteiger partial charge in [0.25, 0.3) is 0 Å². The van der Waals surface area contributed by atoms with Crippen molar-refractivity contribution in [1.82, 2.24) is 4.98 Å². The number of nitrogens with zero attached hydrogens (tertiary/aromatic N) is 1. The molecular formula is C16H18ClNO2. The highest BCUT2D eigenvalue weighted by Crippen LogP contribution is 2.21. The van der Waals surface area contributed by atoms with E-state index in [1.807, 2.05) is 31.2 Å². The van der Waals surface area contributed by atoms with Crippen molar-refractivity contribution in [3.63, 3.8) is 0 Å². The number of halogens is 1. The average Bonchev–Trinajstić information content (AvgIpc) is 2.41. The molecule has 0 atom stereocenters. The lowest BCUT2D eigenvalue weighted by molar-refractivity contribution is -0.137. The van der Waals surface area contributed by atoms with E-state index in [9.17, 15) is 4.79 Å². The van der Waals surface area contributed by atoms with Gasteiger partial charge < -0.3 is 4.74 Å². The van der Waals surface area contributed by atoms with Crippen molar-refractivity contribution in [1.29, 1.82) is 0 Å². The van der Waals surface area contributed by atoms with E-state index in [0.717, 1.165) is 15.9 Å². The van der Waals surface area contributed by atoms with Crippen LogP contribution in [0.2, 0.25) is 5.02 Å². The number of hydrogen-bond donors (Lipinski definition) is 0. The predicted octanol–water partition coefficient (Wildman–Crippen LogP) is 4.32. The molecule has 0 saturated heterocycles. The molecule has 0 aliphatic heterocycles. The van der Waals surface area contributed by atoms with Crippen molar-refractivity contribution in [2.75, 3.05) is 6.61 Å². The Balaban J connectivity index is 0.000000221. The highest BCUT2D eigenvalue weighted by Gasteiger charge is 1.98. The topological polar surface area (TPSA) is 39.2 Å². The van der Waals surface area contributed by atoms with Gasteiger partial charge in [-0.15, -0.1) is 0 Å². The number of ether oxygens (including phenoxy) is 1. The van der Waals surface area contributed by atoms with Gasteiger partial charge in [0.15, 0.2) is 0 Å². The van der Waals surface area contributed by atoms with Crippen molar-refractivity contribution < 1.29 is 9.53 Å². The summed E-state index contributed by atoms with van der Waals surface area (Å²) in [5.74, 6) is -0.269. The van der Waals surface area contributed by atoms with Crippen molar-refractivity contribution in [2.45, 2.75) is 20.8 Å². The number of esters is 1. The molecule has 1 heterocycles. The Morgan fingerprint density at radius 1 is 1.40 bits per heavy atom. The molecule has 0 unspecified atom stereocenters. The summed E-state index contributed by atoms with van der Waals surface area (Å²) in [6.07, 6.45) is 4.77. The molecule has 0 fully saturated rings. The molecule has 106 valence electrons. The quantitative estimate of drug-likeness (QED) is 0.611. The summed E-state index contributed by atoms with van der Waals surface area (Å²) in [5, 5.41) is 1.79. The number of benzene rings is 1. The maximum Gasteiger partial charge on any atom is 0.330 e. The van der Waals surface area contributed by atoms with Gasteiger partial charge in [0, 0.05) is 17.7 Å². The number of aromatic nitrogens is 1. The molecule has 0 bridgehead atoms. The van der Waals surface area contributed by atoms with E-state index in [-0.39, 0.29) is 5.97 Å². The van der Waals surface area contributed by atoms with Gasteiger partial charge in [0.05, 0.1) is 17.1 Å². The lowest BCUT2D eigenvalue weighted by Gasteiger charge is -1.99. The molecule has 2 rings (SSSR count). The first-order valence-electron chi connectivity index (χ1n) is 6.38. The maximum absolute atomic E-state index is 10.3. The summed E-state index contributed by atoms with van der Waals surface area (Å²) in [7, 11) is 0. The van der Waals surface area contributed by atoms with Gasteiger partial charge in [-0.2, -0.15) is 0 Å². The second-order valence-electron chi connectivity index (χ2n) is 4.07. The molecule has 4 heteroatoms. The summed E-state index contributed by atoms with van der Waals surface area (Å²) >= 11 is 5.99. The zero-order valence-electron chi connectivity index (χ0n) is 11.9. The van der Waals surface area contributed by atoms with Gasteiger partial charge >= 0.3 is 5.97 Å². The van der Waals surface area contributed by atoms with Crippen LogP contribution in [0.25, 0.3) is 10.9 Å². The van der Waals surface area contributed by atoms with Crippen LogP contribution >= 0.6 is 11.6 Å². The number of carbonyl (C=O) groups is 1. The van der Waals surface area contributed by atoms with Crippen LogP contribution in [0, 0.1) is 6.92 Å². The summed E-state index contributed by atoms with van der Waals surface area (Å²) in [6.45, 7) is 6.05. The van der Waals surface area contributed by atoms with E-state index < -0.39 is 0 Å². The third-order valence-corrected chi connectivity index (χ3v) is 2.76. The minimum Gasteiger partial charge on any atom is -0.463 e. The number of fused-ring (bicyclic) bond motifs is 1. The SMILES string of the molecule is C/C=C\C(=O)OCC.Cc1ccc2nccc(Cl)c2c1. The van der Waals surface area contributed by atoms with Crippen LogP contribution in [0.4, 0.5) is 0 Å². The lowest BCUT2D eigenvalue weighted by Crippen LogP contribution is -1.98. The van der Waals surface area contributed by atoms with Crippen LogP contribution in [0.1, 0.15) is 19.4 Å². The van der Waals surface area contributed by atoms with Crippen LogP contribution in [-0.4, -0.2) is 17.6 Å². The van der Waals surface area contributed by atoms with E-state index in [2.05, 4.69) is 9.72 Å². The molecule has 2 aromatic rings. The van der Waals surface area contributed by atoms with Gasteiger partial charge in [-0.25, -0.2) is 4.79 Å². The molecule has 0 spiro atoms. The van der Waals surface area contributed by atoms with Gasteiger partial charge in [0.2, 0.25) is 0 Å². The standard InChI is InChI=1S/C10H8ClN.C6H10O2/c1-7-2-3-10-8(6-7)9(11)4-5-12-10;1-3-5-6(7)8-4-2/h2-6H,1H3;3,5H,4H2,1-2H3/b;5-3-. The number of pyridine rings is 1. The summed E-state index contributed by atoms with van der Waals surface area (Å²) in [6, 6.07) is 7.87. The third kappa shape index (κ3) is 5.02. The normalized spacial score (nSPS) is 10.2. The molecular weight excluding hydrogens is 274 g/mol. The molecule has 1 aromatic heterocycles. The van der Waals surface area contributed by atoms with Gasteiger partial charge in [-0.05, 0) is 39.0 Å². The zero-order chi connectivity index (χ0) is 15.0. The van der Waals surface area contributed by atoms with E-state index in [1.54, 1.807) is 26.1 Å². The monoisotopic (exact) mass is 291 g/mol. The molecule has 0 saturated carbocycles. The first-order chi connectivity index (χ1) is 9.58. The van der Waals surface area contributed by atoms with E-state index in [4.69, 9.17) is 11.6 Å². The molecule has 3 nitrogen and oxygen atoms in total. The molecule has 0 aliphatic rings. The van der Waals surface area contributed by atoms with Crippen LogP contribution in [0.15, 0.2) is 42.6 Å². The van der Waals surface area contributed by atoms with E-state index >= 15 is 0 Å². The number of carbonyl (C=O) groups excluding carboxylic acids is 1. The van der Waals surface area contributed by atoms with Crippen molar-refractivity contribution >= 4 is 28.5 Å². The van der Waals surface area contributed by atoms with Gasteiger partial charge in [-0.1, -0.05) is 29.3 Å². The van der Waals surface area contributed by atoms with E-state index in [1.165, 1.54) is 11.6 Å². The summed E-state index contributed by atoms with van der Waals surface area (Å²) in [4.78, 5) is 14.5. The first kappa shape index (κ1) is 16.2. The second kappa shape index (κ2) is 8.33. The Morgan fingerprint density at radius 3 is 2.80 bits per heavy atom. The number of hydrogen-bond acceptors (Lipinski definition) is 3.